The highest BCUT2D eigenvalue weighted by Crippen LogP contribution is 2.48. The van der Waals surface area contributed by atoms with Crippen molar-refractivity contribution in [2.24, 2.45) is 0 Å². The van der Waals surface area contributed by atoms with Gasteiger partial charge in [-0.3, -0.25) is 0 Å². The van der Waals surface area contributed by atoms with Crippen LogP contribution in [0.2, 0.25) is 10.0 Å². The molecule has 1 aromatic rings. The molecule has 0 heterocycles. The van der Waals surface area contributed by atoms with Crippen LogP contribution < -0.4 is 5.32 Å². The van der Waals surface area contributed by atoms with Crippen molar-refractivity contribution in [2.45, 2.75) is 69.9 Å². The number of aliphatic hydroxyl groups is 1. The van der Waals surface area contributed by atoms with Crippen LogP contribution >= 0.6 is 23.2 Å². The highest BCUT2D eigenvalue weighted by Gasteiger charge is 2.45. The van der Waals surface area contributed by atoms with E-state index < -0.39 is 0 Å². The molecule has 22 heavy (non-hydrogen) atoms. The van der Waals surface area contributed by atoms with Gasteiger partial charge in [-0.1, -0.05) is 56.0 Å². The third kappa shape index (κ3) is 3.79. The predicted molar refractivity (Wildman–Crippen MR) is 95.0 cm³/mol. The third-order valence-electron chi connectivity index (χ3n) is 5.06. The second-order valence-electron chi connectivity index (χ2n) is 6.45. The van der Waals surface area contributed by atoms with E-state index in [2.05, 4.69) is 18.3 Å². The molecule has 0 spiro atoms. The molecule has 4 heteroatoms. The Bertz CT molecular complexity index is 488. The van der Waals surface area contributed by atoms with Crippen LogP contribution in [0.4, 0.5) is 0 Å². The summed E-state index contributed by atoms with van der Waals surface area (Å²) < 4.78 is 0. The molecular formula is C18H27Cl2NO. The molecule has 1 aromatic carbocycles. The van der Waals surface area contributed by atoms with Gasteiger partial charge in [-0.05, 0) is 43.4 Å². The van der Waals surface area contributed by atoms with Gasteiger partial charge in [0.1, 0.15) is 0 Å². The van der Waals surface area contributed by atoms with Crippen LogP contribution in [0.15, 0.2) is 18.2 Å². The monoisotopic (exact) mass is 343 g/mol. The van der Waals surface area contributed by atoms with Gasteiger partial charge in [-0.15, -0.1) is 0 Å². The number of hydrogen-bond acceptors (Lipinski definition) is 2. The molecular weight excluding hydrogens is 317 g/mol. The summed E-state index contributed by atoms with van der Waals surface area (Å²) in [6, 6.07) is 6.44. The van der Waals surface area contributed by atoms with Gasteiger partial charge < -0.3 is 10.4 Å². The van der Waals surface area contributed by atoms with Crippen LogP contribution in [0.25, 0.3) is 0 Å². The molecule has 1 fully saturated rings. The Balaban J connectivity index is 2.22. The summed E-state index contributed by atoms with van der Waals surface area (Å²) in [5.74, 6) is 0. The molecule has 1 aliphatic carbocycles. The number of aliphatic hydroxyl groups excluding tert-OH is 1. The largest absolute Gasteiger partial charge is 0.392 e. The second-order valence-corrected chi connectivity index (χ2v) is 7.26. The zero-order valence-corrected chi connectivity index (χ0v) is 15.1. The topological polar surface area (TPSA) is 32.3 Å². The molecule has 1 aliphatic rings. The summed E-state index contributed by atoms with van der Waals surface area (Å²) in [5.41, 5.74) is 1.42. The molecule has 2 atom stereocenters. The first-order chi connectivity index (χ1) is 10.5. The van der Waals surface area contributed by atoms with Crippen molar-refractivity contribution in [1.29, 1.82) is 0 Å². The molecule has 0 bridgehead atoms. The van der Waals surface area contributed by atoms with E-state index in [1.807, 2.05) is 19.1 Å². The summed E-state index contributed by atoms with van der Waals surface area (Å²) in [7, 11) is 0. The minimum Gasteiger partial charge on any atom is -0.392 e. The second kappa shape index (κ2) is 8.01. The fourth-order valence-electron chi connectivity index (χ4n) is 3.49. The zero-order chi connectivity index (χ0) is 16.2. The summed E-state index contributed by atoms with van der Waals surface area (Å²) in [6.07, 6.45) is 6.34. The Hall–Kier alpha value is -0.280. The zero-order valence-electron chi connectivity index (χ0n) is 13.5. The van der Waals surface area contributed by atoms with E-state index in [0.29, 0.717) is 22.6 Å². The normalized spacial score (nSPS) is 19.5. The molecule has 1 saturated carbocycles. The quantitative estimate of drug-likeness (QED) is 0.700. The van der Waals surface area contributed by atoms with Crippen molar-refractivity contribution in [2.75, 3.05) is 6.54 Å². The summed E-state index contributed by atoms with van der Waals surface area (Å²) in [5, 5.41) is 14.7. The molecule has 2 rings (SSSR count). The molecule has 0 aliphatic heterocycles. The molecule has 0 amide bonds. The Morgan fingerprint density at radius 3 is 2.45 bits per heavy atom. The molecule has 0 aromatic heterocycles. The Labute approximate surface area is 144 Å². The van der Waals surface area contributed by atoms with Gasteiger partial charge in [0.2, 0.25) is 0 Å². The third-order valence-corrected chi connectivity index (χ3v) is 5.79. The van der Waals surface area contributed by atoms with Crippen molar-refractivity contribution in [3.8, 4) is 0 Å². The van der Waals surface area contributed by atoms with Crippen molar-refractivity contribution < 1.29 is 5.11 Å². The smallest absolute Gasteiger partial charge is 0.0662 e. The average molecular weight is 344 g/mol. The van der Waals surface area contributed by atoms with E-state index in [9.17, 15) is 5.11 Å². The maximum atomic E-state index is 9.88. The van der Waals surface area contributed by atoms with Crippen LogP contribution in [-0.4, -0.2) is 23.8 Å². The standard InChI is InChI=1S/C18H27Cl2NO/c1-3-6-17(21-12-14(22)4-2)18(9-5-10-18)13-7-8-15(19)16(20)11-13/h7-8,11,14,17,21-22H,3-6,9-10,12H2,1-2H3. The fourth-order valence-corrected chi connectivity index (χ4v) is 3.78. The van der Waals surface area contributed by atoms with Gasteiger partial charge in [0.05, 0.1) is 16.1 Å². The lowest BCUT2D eigenvalue weighted by atomic mass is 9.59. The van der Waals surface area contributed by atoms with Crippen LogP contribution in [0.3, 0.4) is 0 Å². The average Bonchev–Trinajstić information content (AvgIpc) is 2.46. The Kier molecular flexibility index (Phi) is 6.58. The number of rotatable bonds is 8. The number of halogens is 2. The summed E-state index contributed by atoms with van der Waals surface area (Å²) in [4.78, 5) is 0. The van der Waals surface area contributed by atoms with E-state index in [1.165, 1.54) is 24.8 Å². The lowest BCUT2D eigenvalue weighted by Crippen LogP contribution is -2.54. The molecule has 0 saturated heterocycles. The van der Waals surface area contributed by atoms with Crippen LogP contribution in [0.5, 0.6) is 0 Å². The van der Waals surface area contributed by atoms with Gasteiger partial charge in [0, 0.05) is 18.0 Å². The van der Waals surface area contributed by atoms with Crippen molar-refractivity contribution >= 4 is 23.2 Å². The fraction of sp³-hybridized carbons (Fsp3) is 0.667. The minimum absolute atomic E-state index is 0.137. The maximum absolute atomic E-state index is 9.88. The van der Waals surface area contributed by atoms with Gasteiger partial charge in [0.25, 0.3) is 0 Å². The minimum atomic E-state index is -0.273. The van der Waals surface area contributed by atoms with Gasteiger partial charge in [0.15, 0.2) is 0 Å². The molecule has 2 nitrogen and oxygen atoms in total. The number of hydrogen-bond donors (Lipinski definition) is 2. The summed E-state index contributed by atoms with van der Waals surface area (Å²) in [6.45, 7) is 4.88. The van der Waals surface area contributed by atoms with Gasteiger partial charge >= 0.3 is 0 Å². The highest BCUT2D eigenvalue weighted by molar-refractivity contribution is 6.42. The maximum Gasteiger partial charge on any atom is 0.0662 e. The number of nitrogens with one attached hydrogen (secondary N) is 1. The van der Waals surface area contributed by atoms with E-state index in [1.54, 1.807) is 0 Å². The first-order valence-corrected chi connectivity index (χ1v) is 9.16. The molecule has 2 N–H and O–H groups in total. The van der Waals surface area contributed by atoms with Crippen molar-refractivity contribution in [3.05, 3.63) is 33.8 Å². The molecule has 0 radical (unpaired) electrons. The predicted octanol–water partition coefficient (Wildman–Crippen LogP) is 4.94. The summed E-state index contributed by atoms with van der Waals surface area (Å²) >= 11 is 12.3. The molecule has 2 unspecified atom stereocenters. The van der Waals surface area contributed by atoms with Gasteiger partial charge in [-0.2, -0.15) is 0 Å². The van der Waals surface area contributed by atoms with Crippen LogP contribution in [0.1, 0.15) is 57.9 Å². The van der Waals surface area contributed by atoms with E-state index in [0.717, 1.165) is 19.3 Å². The van der Waals surface area contributed by atoms with E-state index in [-0.39, 0.29) is 11.5 Å². The first-order valence-electron chi connectivity index (χ1n) is 8.40. The lowest BCUT2D eigenvalue weighted by molar-refractivity contribution is 0.123. The van der Waals surface area contributed by atoms with E-state index in [4.69, 9.17) is 23.2 Å². The van der Waals surface area contributed by atoms with E-state index >= 15 is 0 Å². The Morgan fingerprint density at radius 2 is 1.95 bits per heavy atom. The highest BCUT2D eigenvalue weighted by atomic mass is 35.5. The lowest BCUT2D eigenvalue weighted by Gasteiger charge is -2.49. The number of benzene rings is 1. The molecule has 124 valence electrons. The first kappa shape index (κ1) is 18.1. The SMILES string of the molecule is CCCC(NCC(O)CC)C1(c2ccc(Cl)c(Cl)c2)CCC1. The van der Waals surface area contributed by atoms with Crippen molar-refractivity contribution in [1.82, 2.24) is 5.32 Å². The Morgan fingerprint density at radius 1 is 1.23 bits per heavy atom. The van der Waals surface area contributed by atoms with Crippen molar-refractivity contribution in [3.63, 3.8) is 0 Å². The van der Waals surface area contributed by atoms with Crippen LogP contribution in [0, 0.1) is 0 Å². The van der Waals surface area contributed by atoms with Gasteiger partial charge in [-0.25, -0.2) is 0 Å². The van der Waals surface area contributed by atoms with Crippen LogP contribution in [-0.2, 0) is 5.41 Å².